The zero-order valence-electron chi connectivity index (χ0n) is 22.7. The average Bonchev–Trinajstić information content (AvgIpc) is 3.46. The maximum Gasteiger partial charge on any atom is 0.289 e. The highest BCUT2D eigenvalue weighted by Crippen LogP contribution is 2.27. The Morgan fingerprint density at radius 1 is 1.03 bits per heavy atom. The van der Waals surface area contributed by atoms with Crippen molar-refractivity contribution in [3.8, 4) is 0 Å². The topological polar surface area (TPSA) is 124 Å². The van der Waals surface area contributed by atoms with E-state index in [1.807, 2.05) is 19.1 Å². The third-order valence-electron chi connectivity index (χ3n) is 7.81. The van der Waals surface area contributed by atoms with Gasteiger partial charge in [-0.3, -0.25) is 15.0 Å². The van der Waals surface area contributed by atoms with E-state index in [0.29, 0.717) is 18.4 Å². The molecule has 12 heteroatoms. The Hall–Kier alpha value is -2.40. The van der Waals surface area contributed by atoms with Crippen molar-refractivity contribution in [3.63, 3.8) is 0 Å². The van der Waals surface area contributed by atoms with Crippen LogP contribution < -0.4 is 16.0 Å². The second-order valence-electron chi connectivity index (χ2n) is 10.5. The molecule has 0 unspecified atom stereocenters. The number of amides is 1. The number of benzene rings is 1. The van der Waals surface area contributed by atoms with Crippen LogP contribution in [-0.4, -0.2) is 71.4 Å². The van der Waals surface area contributed by atoms with Gasteiger partial charge in [0, 0.05) is 30.6 Å². The zero-order valence-corrected chi connectivity index (χ0v) is 24.3. The van der Waals surface area contributed by atoms with E-state index < -0.39 is 0 Å². The number of hydroxylamine groups is 2. The standard InChI is InChI=1S/C27H39N7O3.2ClH/c1-17-8-13-21-20(16-17)24(33-25(30-21)26(35)29-18-9-11-19(36-2)12-10-18)31-22-6-3-4-7-23(22)32-27(28)34-14-5-15-37-34;;/h8,13,16,18-19,22-23H,3-7,9-12,14-15H2,1-2H3,(H2,28,32)(H,29,35)(H,30,31,33);2*1H/t18?,19?,22-,23+;;/m0../s1. The van der Waals surface area contributed by atoms with E-state index in [9.17, 15) is 4.79 Å². The molecule has 2 aromatic rings. The largest absolute Gasteiger partial charge is 0.381 e. The van der Waals surface area contributed by atoms with E-state index in [-0.39, 0.29) is 60.8 Å². The molecule has 3 aliphatic rings. The van der Waals surface area contributed by atoms with Gasteiger partial charge in [-0.1, -0.05) is 24.5 Å². The van der Waals surface area contributed by atoms with Crippen LogP contribution >= 0.6 is 24.8 Å². The SMILES string of the molecule is COC1CCC(NC(=O)c2nc(N[C@H]3CCCC[C@H]3NC(=N)N3CCCO3)c3cc(C)ccc3n2)CC1.Cl.Cl. The number of fused-ring (bicyclic) bond motifs is 1. The molecule has 5 rings (SSSR count). The number of nitrogens with zero attached hydrogens (tertiary/aromatic N) is 3. The van der Waals surface area contributed by atoms with Crippen LogP contribution in [0.25, 0.3) is 10.9 Å². The first-order valence-corrected chi connectivity index (χ1v) is 13.6. The van der Waals surface area contributed by atoms with Crippen LogP contribution in [0.5, 0.6) is 0 Å². The van der Waals surface area contributed by atoms with Gasteiger partial charge in [0.1, 0.15) is 5.82 Å². The summed E-state index contributed by atoms with van der Waals surface area (Å²) in [4.78, 5) is 28.1. The molecular weight excluding hydrogens is 541 g/mol. The predicted octanol–water partition coefficient (Wildman–Crippen LogP) is 4.35. The Balaban J connectivity index is 0.00000210. The number of carbonyl (C=O) groups excluding carboxylic acids is 1. The van der Waals surface area contributed by atoms with Crippen molar-refractivity contribution in [1.82, 2.24) is 25.7 Å². The van der Waals surface area contributed by atoms with Crippen molar-refractivity contribution in [1.29, 1.82) is 5.41 Å². The maximum absolute atomic E-state index is 13.2. The van der Waals surface area contributed by atoms with E-state index in [0.717, 1.165) is 80.8 Å². The monoisotopic (exact) mass is 581 g/mol. The van der Waals surface area contributed by atoms with Gasteiger partial charge in [0.05, 0.1) is 24.8 Å². The predicted molar refractivity (Wildman–Crippen MR) is 157 cm³/mol. The number of aromatic nitrogens is 2. The summed E-state index contributed by atoms with van der Waals surface area (Å²) in [6.45, 7) is 3.43. The molecule has 1 amide bonds. The van der Waals surface area contributed by atoms with E-state index in [1.165, 1.54) is 0 Å². The fourth-order valence-electron chi connectivity index (χ4n) is 5.67. The number of anilines is 1. The molecule has 2 atom stereocenters. The van der Waals surface area contributed by atoms with Crippen LogP contribution in [0.2, 0.25) is 0 Å². The van der Waals surface area contributed by atoms with Gasteiger partial charge in [-0.2, -0.15) is 0 Å². The van der Waals surface area contributed by atoms with Crippen molar-refractivity contribution in [2.45, 2.75) is 88.9 Å². The highest BCUT2D eigenvalue weighted by molar-refractivity contribution is 5.96. The van der Waals surface area contributed by atoms with Crippen LogP contribution in [-0.2, 0) is 9.57 Å². The molecule has 0 radical (unpaired) electrons. The summed E-state index contributed by atoms with van der Waals surface area (Å²) in [5.74, 6) is 0.927. The van der Waals surface area contributed by atoms with Gasteiger partial charge in [0.15, 0.2) is 0 Å². The molecule has 1 saturated heterocycles. The minimum atomic E-state index is -0.238. The number of halogens is 2. The van der Waals surface area contributed by atoms with Gasteiger partial charge in [-0.15, -0.1) is 24.8 Å². The smallest absolute Gasteiger partial charge is 0.289 e. The van der Waals surface area contributed by atoms with Crippen LogP contribution in [0.1, 0.15) is 74.0 Å². The number of ether oxygens (including phenoxy) is 1. The highest BCUT2D eigenvalue weighted by atomic mass is 35.5. The van der Waals surface area contributed by atoms with Gasteiger partial charge >= 0.3 is 0 Å². The van der Waals surface area contributed by atoms with Crippen molar-refractivity contribution >= 4 is 53.4 Å². The zero-order chi connectivity index (χ0) is 25.8. The first kappa shape index (κ1) is 31.1. The Labute approximate surface area is 242 Å². The molecule has 0 bridgehead atoms. The molecule has 39 heavy (non-hydrogen) atoms. The lowest BCUT2D eigenvalue weighted by Crippen LogP contribution is -2.52. The maximum atomic E-state index is 13.2. The van der Waals surface area contributed by atoms with E-state index in [2.05, 4.69) is 27.0 Å². The second-order valence-corrected chi connectivity index (χ2v) is 10.5. The lowest BCUT2D eigenvalue weighted by Gasteiger charge is -2.35. The molecule has 2 aliphatic carbocycles. The summed E-state index contributed by atoms with van der Waals surface area (Å²) in [5, 5.41) is 21.2. The van der Waals surface area contributed by atoms with Crippen LogP contribution in [0, 0.1) is 12.3 Å². The van der Waals surface area contributed by atoms with Gasteiger partial charge in [0.2, 0.25) is 11.8 Å². The number of guanidine groups is 1. The number of nitrogens with one attached hydrogen (secondary N) is 4. The van der Waals surface area contributed by atoms with Crippen molar-refractivity contribution in [2.24, 2.45) is 0 Å². The van der Waals surface area contributed by atoms with E-state index in [4.69, 9.17) is 20.0 Å². The van der Waals surface area contributed by atoms with E-state index in [1.54, 1.807) is 12.2 Å². The van der Waals surface area contributed by atoms with Gasteiger partial charge in [0.25, 0.3) is 5.91 Å². The minimum absolute atomic E-state index is 0. The number of carbonyl (C=O) groups is 1. The van der Waals surface area contributed by atoms with Crippen LogP contribution in [0.4, 0.5) is 5.82 Å². The van der Waals surface area contributed by atoms with Gasteiger partial charge in [-0.05, 0) is 64.0 Å². The molecule has 1 aliphatic heterocycles. The summed E-state index contributed by atoms with van der Waals surface area (Å²) < 4.78 is 5.46. The number of rotatable bonds is 6. The molecule has 2 saturated carbocycles. The third kappa shape index (κ3) is 7.63. The molecular formula is C27H41Cl2N7O3. The number of methoxy groups -OCH3 is 1. The number of hydrogen-bond donors (Lipinski definition) is 4. The van der Waals surface area contributed by atoms with E-state index >= 15 is 0 Å². The molecule has 1 aromatic carbocycles. The Morgan fingerprint density at radius 2 is 1.77 bits per heavy atom. The fourth-order valence-corrected chi connectivity index (χ4v) is 5.67. The average molecular weight is 583 g/mol. The molecule has 10 nitrogen and oxygen atoms in total. The molecule has 216 valence electrons. The normalized spacial score (nSPS) is 24.8. The molecule has 0 spiro atoms. The summed E-state index contributed by atoms with van der Waals surface area (Å²) in [5.41, 5.74) is 1.85. The van der Waals surface area contributed by atoms with Gasteiger partial charge in [-0.25, -0.2) is 15.0 Å². The lowest BCUT2D eigenvalue weighted by molar-refractivity contribution is -0.0489. The Kier molecular flexibility index (Phi) is 11.4. The summed E-state index contributed by atoms with van der Waals surface area (Å²) in [6, 6.07) is 6.27. The second kappa shape index (κ2) is 14.3. The minimum Gasteiger partial charge on any atom is -0.381 e. The first-order valence-electron chi connectivity index (χ1n) is 13.6. The Bertz CT molecular complexity index is 1120. The molecule has 1 aromatic heterocycles. The van der Waals surface area contributed by atoms with Crippen LogP contribution in [0.3, 0.4) is 0 Å². The highest BCUT2D eigenvalue weighted by Gasteiger charge is 2.30. The van der Waals surface area contributed by atoms with Crippen LogP contribution in [0.15, 0.2) is 18.2 Å². The quantitative estimate of drug-likeness (QED) is 0.293. The van der Waals surface area contributed by atoms with Gasteiger partial charge < -0.3 is 20.7 Å². The summed E-state index contributed by atoms with van der Waals surface area (Å²) >= 11 is 0. The first-order chi connectivity index (χ1) is 18.0. The summed E-state index contributed by atoms with van der Waals surface area (Å²) in [7, 11) is 1.75. The number of hydrogen-bond acceptors (Lipinski definition) is 7. The van der Waals surface area contributed by atoms with Crippen molar-refractivity contribution in [3.05, 3.63) is 29.6 Å². The Morgan fingerprint density at radius 3 is 2.46 bits per heavy atom. The molecule has 3 fully saturated rings. The molecule has 2 heterocycles. The van der Waals surface area contributed by atoms with Crippen molar-refractivity contribution < 1.29 is 14.4 Å². The summed E-state index contributed by atoms with van der Waals surface area (Å²) in [6.07, 6.45) is 8.99. The molecule has 4 N–H and O–H groups in total. The third-order valence-corrected chi connectivity index (χ3v) is 7.81. The lowest BCUT2D eigenvalue weighted by atomic mass is 9.90. The fraction of sp³-hybridized carbons (Fsp3) is 0.630. The number of aryl methyl sites for hydroxylation is 1. The van der Waals surface area contributed by atoms with Crippen molar-refractivity contribution in [2.75, 3.05) is 25.6 Å².